The largest absolute Gasteiger partial charge is 0.373 e. The summed E-state index contributed by atoms with van der Waals surface area (Å²) in [7, 11) is 0. The van der Waals surface area contributed by atoms with Gasteiger partial charge in [0.15, 0.2) is 0 Å². The lowest BCUT2D eigenvalue weighted by Crippen LogP contribution is -2.53. The van der Waals surface area contributed by atoms with E-state index in [0.29, 0.717) is 12.2 Å². The van der Waals surface area contributed by atoms with Crippen molar-refractivity contribution in [1.29, 1.82) is 0 Å². The Kier molecular flexibility index (Phi) is 5.17. The average molecular weight is 302 g/mol. The van der Waals surface area contributed by atoms with Crippen molar-refractivity contribution in [3.05, 3.63) is 35.4 Å². The highest BCUT2D eigenvalue weighted by molar-refractivity contribution is 5.22. The van der Waals surface area contributed by atoms with E-state index in [-0.39, 0.29) is 0 Å². The van der Waals surface area contributed by atoms with Gasteiger partial charge in [-0.1, -0.05) is 29.8 Å². The van der Waals surface area contributed by atoms with Crippen molar-refractivity contribution in [2.24, 2.45) is 0 Å². The van der Waals surface area contributed by atoms with Crippen LogP contribution in [0.15, 0.2) is 24.3 Å². The number of likely N-dealkylation sites (tertiary alicyclic amines) is 1. The van der Waals surface area contributed by atoms with E-state index in [2.05, 4.69) is 54.8 Å². The highest BCUT2D eigenvalue weighted by Gasteiger charge is 2.30. The molecule has 122 valence electrons. The van der Waals surface area contributed by atoms with Crippen molar-refractivity contribution in [3.8, 4) is 0 Å². The average Bonchev–Trinajstić information content (AvgIpc) is 2.47. The van der Waals surface area contributed by atoms with Crippen LogP contribution >= 0.6 is 0 Å². The van der Waals surface area contributed by atoms with Crippen LogP contribution in [0.2, 0.25) is 0 Å². The van der Waals surface area contributed by atoms with E-state index in [1.165, 1.54) is 37.1 Å². The zero-order valence-electron chi connectivity index (χ0n) is 14.3. The zero-order valence-corrected chi connectivity index (χ0v) is 14.3. The molecule has 3 nitrogen and oxygen atoms in total. The number of nitrogens with zero attached hydrogens (tertiary/aromatic N) is 2. The molecule has 0 aromatic heterocycles. The molecule has 2 atom stereocenters. The van der Waals surface area contributed by atoms with Crippen LogP contribution in [0.25, 0.3) is 0 Å². The number of aryl methyl sites for hydroxylation is 1. The second-order valence-electron chi connectivity index (χ2n) is 7.21. The van der Waals surface area contributed by atoms with Crippen LogP contribution in [-0.4, -0.2) is 54.2 Å². The molecule has 2 heterocycles. The summed E-state index contributed by atoms with van der Waals surface area (Å²) in [4.78, 5) is 5.28. The summed E-state index contributed by atoms with van der Waals surface area (Å²) >= 11 is 0. The van der Waals surface area contributed by atoms with Crippen LogP contribution in [0.4, 0.5) is 0 Å². The lowest BCUT2D eigenvalue weighted by molar-refractivity contribution is -0.0865. The SMILES string of the molecule is Cc1cccc(CN2CCC(N3C[C@@H](C)O[C@@H](C)C3)CC2)c1. The molecule has 2 saturated heterocycles. The minimum absolute atomic E-state index is 0.383. The van der Waals surface area contributed by atoms with Gasteiger partial charge in [0.05, 0.1) is 12.2 Å². The van der Waals surface area contributed by atoms with E-state index in [0.717, 1.165) is 25.7 Å². The molecule has 0 saturated carbocycles. The van der Waals surface area contributed by atoms with Gasteiger partial charge in [-0.2, -0.15) is 0 Å². The number of rotatable bonds is 3. The minimum atomic E-state index is 0.383. The van der Waals surface area contributed by atoms with Gasteiger partial charge >= 0.3 is 0 Å². The van der Waals surface area contributed by atoms with Gasteiger partial charge < -0.3 is 4.74 Å². The quantitative estimate of drug-likeness (QED) is 0.853. The zero-order chi connectivity index (χ0) is 15.5. The highest BCUT2D eigenvalue weighted by Crippen LogP contribution is 2.22. The minimum Gasteiger partial charge on any atom is -0.373 e. The smallest absolute Gasteiger partial charge is 0.0678 e. The number of piperidine rings is 1. The topological polar surface area (TPSA) is 15.7 Å². The Hall–Kier alpha value is -0.900. The monoisotopic (exact) mass is 302 g/mol. The fourth-order valence-corrected chi connectivity index (χ4v) is 4.03. The molecule has 1 aromatic carbocycles. The van der Waals surface area contributed by atoms with Crippen LogP contribution in [0, 0.1) is 6.92 Å². The molecule has 0 unspecified atom stereocenters. The maximum atomic E-state index is 5.87. The summed E-state index contributed by atoms with van der Waals surface area (Å²) in [5.74, 6) is 0. The van der Waals surface area contributed by atoms with Crippen molar-refractivity contribution < 1.29 is 4.74 Å². The van der Waals surface area contributed by atoms with Gasteiger partial charge in [-0.25, -0.2) is 0 Å². The van der Waals surface area contributed by atoms with Gasteiger partial charge in [-0.05, 0) is 52.3 Å². The normalized spacial score (nSPS) is 28.9. The molecule has 0 amide bonds. The molecule has 0 N–H and O–H groups in total. The Bertz CT molecular complexity index is 472. The first kappa shape index (κ1) is 16.0. The van der Waals surface area contributed by atoms with Crippen molar-refractivity contribution in [3.63, 3.8) is 0 Å². The fraction of sp³-hybridized carbons (Fsp3) is 0.684. The molecule has 2 aliphatic heterocycles. The maximum absolute atomic E-state index is 5.87. The predicted molar refractivity (Wildman–Crippen MR) is 91.1 cm³/mol. The summed E-state index contributed by atoms with van der Waals surface area (Å²) in [6.45, 7) is 12.3. The molecule has 3 rings (SSSR count). The second-order valence-corrected chi connectivity index (χ2v) is 7.21. The van der Waals surface area contributed by atoms with E-state index in [4.69, 9.17) is 4.74 Å². The van der Waals surface area contributed by atoms with Crippen molar-refractivity contribution in [2.45, 2.75) is 58.4 Å². The number of hydrogen-bond acceptors (Lipinski definition) is 3. The molecular weight excluding hydrogens is 272 g/mol. The third-order valence-electron chi connectivity index (χ3n) is 5.01. The summed E-state index contributed by atoms with van der Waals surface area (Å²) in [5.41, 5.74) is 2.82. The van der Waals surface area contributed by atoms with Crippen LogP contribution in [0.3, 0.4) is 0 Å². The fourth-order valence-electron chi connectivity index (χ4n) is 4.03. The molecule has 0 bridgehead atoms. The Morgan fingerprint density at radius 1 is 1.09 bits per heavy atom. The third-order valence-corrected chi connectivity index (χ3v) is 5.01. The molecule has 0 spiro atoms. The molecule has 0 aliphatic carbocycles. The van der Waals surface area contributed by atoms with Gasteiger partial charge in [0.2, 0.25) is 0 Å². The number of morpholine rings is 1. The van der Waals surface area contributed by atoms with Gasteiger partial charge in [-0.3, -0.25) is 9.80 Å². The van der Waals surface area contributed by atoms with Crippen LogP contribution in [-0.2, 0) is 11.3 Å². The summed E-state index contributed by atoms with van der Waals surface area (Å²) in [6.07, 6.45) is 3.36. The number of ether oxygens (including phenoxy) is 1. The number of benzene rings is 1. The van der Waals surface area contributed by atoms with Gasteiger partial charge in [0, 0.05) is 25.7 Å². The Morgan fingerprint density at radius 3 is 2.41 bits per heavy atom. The molecule has 2 aliphatic rings. The molecule has 2 fully saturated rings. The van der Waals surface area contributed by atoms with E-state index >= 15 is 0 Å². The summed E-state index contributed by atoms with van der Waals surface area (Å²) < 4.78 is 5.87. The Balaban J connectivity index is 1.50. The van der Waals surface area contributed by atoms with Crippen LogP contribution in [0.1, 0.15) is 37.8 Å². The van der Waals surface area contributed by atoms with Crippen LogP contribution in [0.5, 0.6) is 0 Å². The molecule has 22 heavy (non-hydrogen) atoms. The van der Waals surface area contributed by atoms with Crippen molar-refractivity contribution in [2.75, 3.05) is 26.2 Å². The Morgan fingerprint density at radius 2 is 1.77 bits per heavy atom. The molecule has 1 aromatic rings. The first-order valence-corrected chi connectivity index (χ1v) is 8.77. The molecule has 3 heteroatoms. The first-order valence-electron chi connectivity index (χ1n) is 8.77. The van der Waals surface area contributed by atoms with Crippen molar-refractivity contribution in [1.82, 2.24) is 9.80 Å². The van der Waals surface area contributed by atoms with E-state index in [1.54, 1.807) is 0 Å². The van der Waals surface area contributed by atoms with Gasteiger partial charge in [-0.15, -0.1) is 0 Å². The standard InChI is InChI=1S/C19H30N2O/c1-15-5-4-6-18(11-15)14-20-9-7-19(8-10-20)21-12-16(2)22-17(3)13-21/h4-6,11,16-17,19H,7-10,12-14H2,1-3H3/t16-,17+. The second kappa shape index (κ2) is 7.12. The maximum Gasteiger partial charge on any atom is 0.0678 e. The number of hydrogen-bond donors (Lipinski definition) is 0. The van der Waals surface area contributed by atoms with E-state index in [1.807, 2.05) is 0 Å². The summed E-state index contributed by atoms with van der Waals surface area (Å²) in [5, 5.41) is 0. The highest BCUT2D eigenvalue weighted by atomic mass is 16.5. The Labute approximate surface area is 135 Å². The van der Waals surface area contributed by atoms with Crippen LogP contribution < -0.4 is 0 Å². The lowest BCUT2D eigenvalue weighted by atomic mass is 10.0. The van der Waals surface area contributed by atoms with E-state index in [9.17, 15) is 0 Å². The van der Waals surface area contributed by atoms with Crippen molar-refractivity contribution >= 4 is 0 Å². The predicted octanol–water partition coefficient (Wildman–Crippen LogP) is 3.07. The summed E-state index contributed by atoms with van der Waals surface area (Å²) in [6, 6.07) is 9.68. The van der Waals surface area contributed by atoms with Gasteiger partial charge in [0.1, 0.15) is 0 Å². The van der Waals surface area contributed by atoms with Gasteiger partial charge in [0.25, 0.3) is 0 Å². The first-order chi connectivity index (χ1) is 10.6. The molecular formula is C19H30N2O. The third kappa shape index (κ3) is 4.09. The van der Waals surface area contributed by atoms with E-state index < -0.39 is 0 Å². The lowest BCUT2D eigenvalue weighted by Gasteiger charge is -2.43. The molecule has 0 radical (unpaired) electrons.